The number of rotatable bonds is 6. The summed E-state index contributed by atoms with van der Waals surface area (Å²) in [6.07, 6.45) is 0. The Bertz CT molecular complexity index is 904. The van der Waals surface area contributed by atoms with Gasteiger partial charge in [0.15, 0.2) is 6.61 Å². The van der Waals surface area contributed by atoms with E-state index in [-0.39, 0.29) is 28.3 Å². The lowest BCUT2D eigenvalue weighted by Crippen LogP contribution is -2.21. The summed E-state index contributed by atoms with van der Waals surface area (Å²) < 4.78 is 9.75. The first-order chi connectivity index (χ1) is 12.4. The summed E-state index contributed by atoms with van der Waals surface area (Å²) >= 11 is 0. The van der Waals surface area contributed by atoms with Crippen LogP contribution in [0.15, 0.2) is 42.5 Å². The lowest BCUT2D eigenvalue weighted by Gasteiger charge is -2.08. The van der Waals surface area contributed by atoms with Crippen molar-refractivity contribution in [2.45, 2.75) is 0 Å². The number of nitro benzene ring substituents is 1. The standard InChI is InChI=1S/C17H13N3O6/c1-25-13-5-6-14(15(8-13)20(23)24)19-16(21)10-26-17(22)12-4-2-3-11(7-12)9-18/h2-8H,10H2,1H3,(H,19,21). The molecule has 1 N–H and O–H groups in total. The number of nitrogens with zero attached hydrogens (tertiary/aromatic N) is 2. The van der Waals surface area contributed by atoms with Crippen LogP contribution in [0.3, 0.4) is 0 Å². The fraction of sp³-hybridized carbons (Fsp3) is 0.118. The van der Waals surface area contributed by atoms with Crippen LogP contribution in [0, 0.1) is 21.4 Å². The van der Waals surface area contributed by atoms with Crippen LogP contribution in [0.5, 0.6) is 5.75 Å². The minimum absolute atomic E-state index is 0.0525. The SMILES string of the molecule is COc1ccc(NC(=O)COC(=O)c2cccc(C#N)c2)c([N+](=O)[O-])c1. The Morgan fingerprint density at radius 1 is 1.27 bits per heavy atom. The lowest BCUT2D eigenvalue weighted by molar-refractivity contribution is -0.384. The zero-order valence-electron chi connectivity index (χ0n) is 13.6. The summed E-state index contributed by atoms with van der Waals surface area (Å²) in [5.41, 5.74) is -0.0147. The van der Waals surface area contributed by atoms with Gasteiger partial charge in [-0.15, -0.1) is 0 Å². The molecule has 132 valence electrons. The minimum atomic E-state index is -0.790. The van der Waals surface area contributed by atoms with Crippen molar-refractivity contribution in [1.29, 1.82) is 5.26 Å². The number of nitrogens with one attached hydrogen (secondary N) is 1. The van der Waals surface area contributed by atoms with Crippen LogP contribution in [0.1, 0.15) is 15.9 Å². The second-order valence-electron chi connectivity index (χ2n) is 4.96. The number of carbonyl (C=O) groups is 2. The van der Waals surface area contributed by atoms with E-state index < -0.39 is 23.4 Å². The van der Waals surface area contributed by atoms with Crippen molar-refractivity contribution < 1.29 is 24.0 Å². The zero-order valence-corrected chi connectivity index (χ0v) is 13.6. The van der Waals surface area contributed by atoms with Gasteiger partial charge in [0.1, 0.15) is 11.4 Å². The Morgan fingerprint density at radius 3 is 2.69 bits per heavy atom. The van der Waals surface area contributed by atoms with Crippen molar-refractivity contribution in [2.24, 2.45) is 0 Å². The zero-order chi connectivity index (χ0) is 19.1. The Balaban J connectivity index is 2.02. The van der Waals surface area contributed by atoms with E-state index in [9.17, 15) is 19.7 Å². The molecule has 2 aromatic carbocycles. The summed E-state index contributed by atoms with van der Waals surface area (Å²) in [6, 6.07) is 11.6. The van der Waals surface area contributed by atoms with E-state index in [4.69, 9.17) is 14.7 Å². The molecule has 0 saturated heterocycles. The van der Waals surface area contributed by atoms with Crippen LogP contribution in [0.4, 0.5) is 11.4 Å². The molecule has 9 nitrogen and oxygen atoms in total. The van der Waals surface area contributed by atoms with E-state index >= 15 is 0 Å². The van der Waals surface area contributed by atoms with Gasteiger partial charge in [-0.05, 0) is 30.3 Å². The molecule has 0 aliphatic heterocycles. The number of anilines is 1. The molecule has 0 heterocycles. The molecule has 0 unspecified atom stereocenters. The fourth-order valence-corrected chi connectivity index (χ4v) is 2.01. The van der Waals surface area contributed by atoms with Crippen molar-refractivity contribution in [3.63, 3.8) is 0 Å². The van der Waals surface area contributed by atoms with Crippen LogP contribution >= 0.6 is 0 Å². The van der Waals surface area contributed by atoms with Crippen molar-refractivity contribution in [3.05, 3.63) is 63.7 Å². The summed E-state index contributed by atoms with van der Waals surface area (Å²) in [5, 5.41) is 22.2. The number of methoxy groups -OCH3 is 1. The highest BCUT2D eigenvalue weighted by Crippen LogP contribution is 2.28. The Labute approximate surface area is 147 Å². The minimum Gasteiger partial charge on any atom is -0.496 e. The number of nitriles is 1. The number of ether oxygens (including phenoxy) is 2. The van der Waals surface area contributed by atoms with Crippen LogP contribution in [0.25, 0.3) is 0 Å². The fourth-order valence-electron chi connectivity index (χ4n) is 2.01. The number of hydrogen-bond acceptors (Lipinski definition) is 7. The normalized spacial score (nSPS) is 9.69. The van der Waals surface area contributed by atoms with Gasteiger partial charge < -0.3 is 14.8 Å². The average molecular weight is 355 g/mol. The summed E-state index contributed by atoms with van der Waals surface area (Å²) in [7, 11) is 1.36. The van der Waals surface area contributed by atoms with Gasteiger partial charge >= 0.3 is 5.97 Å². The third-order valence-electron chi connectivity index (χ3n) is 3.24. The molecule has 0 bridgehead atoms. The van der Waals surface area contributed by atoms with Gasteiger partial charge in [-0.2, -0.15) is 5.26 Å². The Kier molecular flexibility index (Phi) is 5.84. The lowest BCUT2D eigenvalue weighted by atomic mass is 10.1. The second kappa shape index (κ2) is 8.25. The molecule has 0 saturated carbocycles. The van der Waals surface area contributed by atoms with Crippen LogP contribution in [0.2, 0.25) is 0 Å². The predicted octanol–water partition coefficient (Wildman–Crippen LogP) is 2.27. The van der Waals surface area contributed by atoms with Gasteiger partial charge in [0, 0.05) is 0 Å². The number of amides is 1. The number of carbonyl (C=O) groups excluding carboxylic acids is 2. The van der Waals surface area contributed by atoms with Gasteiger partial charge in [0.2, 0.25) is 0 Å². The van der Waals surface area contributed by atoms with E-state index in [1.54, 1.807) is 0 Å². The quantitative estimate of drug-likeness (QED) is 0.477. The van der Waals surface area contributed by atoms with Crippen molar-refractivity contribution in [1.82, 2.24) is 0 Å². The Hall–Kier alpha value is -3.93. The maximum atomic E-state index is 11.9. The molecule has 0 fully saturated rings. The van der Waals surface area contributed by atoms with E-state index in [1.165, 1.54) is 43.5 Å². The predicted molar refractivity (Wildman–Crippen MR) is 89.7 cm³/mol. The highest BCUT2D eigenvalue weighted by atomic mass is 16.6. The van der Waals surface area contributed by atoms with Crippen LogP contribution < -0.4 is 10.1 Å². The molecule has 2 aromatic rings. The number of esters is 1. The van der Waals surface area contributed by atoms with Gasteiger partial charge in [-0.1, -0.05) is 6.07 Å². The average Bonchev–Trinajstić information content (AvgIpc) is 2.66. The molecular weight excluding hydrogens is 342 g/mol. The van der Waals surface area contributed by atoms with Crippen LogP contribution in [-0.4, -0.2) is 30.5 Å². The third kappa shape index (κ3) is 4.55. The largest absolute Gasteiger partial charge is 0.496 e. The van der Waals surface area contributed by atoms with E-state index in [2.05, 4.69) is 5.32 Å². The second-order valence-corrected chi connectivity index (χ2v) is 4.96. The van der Waals surface area contributed by atoms with Gasteiger partial charge in [0.05, 0.1) is 35.3 Å². The molecule has 1 amide bonds. The smallest absolute Gasteiger partial charge is 0.338 e. The molecule has 0 aliphatic rings. The molecule has 0 spiro atoms. The molecule has 2 rings (SSSR count). The maximum absolute atomic E-state index is 11.9. The first-order valence-corrected chi connectivity index (χ1v) is 7.24. The summed E-state index contributed by atoms with van der Waals surface area (Å²) in [6.45, 7) is -0.640. The molecule has 0 atom stereocenters. The Morgan fingerprint density at radius 2 is 2.04 bits per heavy atom. The molecule has 0 radical (unpaired) electrons. The molecule has 9 heteroatoms. The van der Waals surface area contributed by atoms with Crippen LogP contribution in [-0.2, 0) is 9.53 Å². The van der Waals surface area contributed by atoms with Crippen molar-refractivity contribution >= 4 is 23.3 Å². The molecule has 26 heavy (non-hydrogen) atoms. The van der Waals surface area contributed by atoms with E-state index in [0.717, 1.165) is 6.07 Å². The van der Waals surface area contributed by atoms with E-state index in [0.29, 0.717) is 0 Å². The first kappa shape index (κ1) is 18.4. The molecule has 0 aromatic heterocycles. The highest BCUT2D eigenvalue weighted by molar-refractivity contribution is 5.97. The van der Waals surface area contributed by atoms with Crippen molar-refractivity contribution in [3.8, 4) is 11.8 Å². The third-order valence-corrected chi connectivity index (χ3v) is 3.24. The topological polar surface area (TPSA) is 132 Å². The molecular formula is C17H13N3O6. The number of benzene rings is 2. The van der Waals surface area contributed by atoms with E-state index in [1.807, 2.05) is 6.07 Å². The first-order valence-electron chi connectivity index (χ1n) is 7.24. The van der Waals surface area contributed by atoms with Gasteiger partial charge in [-0.25, -0.2) is 4.79 Å². The summed E-state index contributed by atoms with van der Waals surface area (Å²) in [4.78, 5) is 34.2. The number of hydrogen-bond donors (Lipinski definition) is 1. The summed E-state index contributed by atoms with van der Waals surface area (Å²) in [5.74, 6) is -1.27. The van der Waals surface area contributed by atoms with Crippen molar-refractivity contribution in [2.75, 3.05) is 19.0 Å². The van der Waals surface area contributed by atoms with Gasteiger partial charge in [0.25, 0.3) is 11.6 Å². The number of nitro groups is 1. The monoisotopic (exact) mass is 355 g/mol. The maximum Gasteiger partial charge on any atom is 0.338 e. The highest BCUT2D eigenvalue weighted by Gasteiger charge is 2.18. The molecule has 0 aliphatic carbocycles. The van der Waals surface area contributed by atoms with Gasteiger partial charge in [-0.3, -0.25) is 14.9 Å².